The van der Waals surface area contributed by atoms with Crippen LogP contribution in [0, 0.1) is 0 Å². The Balaban J connectivity index is 0.000000102. The van der Waals surface area contributed by atoms with Gasteiger partial charge in [-0.1, -0.05) is 279 Å². The van der Waals surface area contributed by atoms with E-state index in [0.717, 1.165) is 74.8 Å². The van der Waals surface area contributed by atoms with Gasteiger partial charge in [-0.2, -0.15) is 0 Å². The first-order valence-corrected chi connectivity index (χ1v) is 47.4. The van der Waals surface area contributed by atoms with Crippen molar-refractivity contribution in [2.75, 3.05) is 19.6 Å². The smallest absolute Gasteiger partial charge is 0.0546 e. The lowest BCUT2D eigenvalue weighted by Crippen LogP contribution is -2.10. The summed E-state index contributed by atoms with van der Waals surface area (Å²) < 4.78 is 14.9. The van der Waals surface area contributed by atoms with Gasteiger partial charge in [-0.15, -0.1) is 45.3 Å². The van der Waals surface area contributed by atoms with Crippen LogP contribution >= 0.6 is 109 Å². The molecule has 0 aliphatic rings. The molecule has 0 radical (unpaired) electrons. The predicted molar refractivity (Wildman–Crippen MR) is 557 cm³/mol. The Morgan fingerprint density at radius 3 is 0.831 bits per heavy atom. The number of fused-ring (bicyclic) bond motifs is 17. The largest absolute Gasteiger partial charge is 0.310 e. The molecule has 12 heteroatoms. The molecule has 20 aromatic carbocycles. The average molecular weight is 1920 g/mol. The third-order valence-electron chi connectivity index (χ3n) is 22.8. The van der Waals surface area contributed by atoms with Gasteiger partial charge in [0.2, 0.25) is 0 Å². The Hall–Kier alpha value is -12.6. The van der Waals surface area contributed by atoms with Crippen LogP contribution in [0.15, 0.2) is 455 Å². The molecule has 0 aliphatic heterocycles. The fourth-order valence-corrected chi connectivity index (χ4v) is 24.3. The summed E-state index contributed by atoms with van der Waals surface area (Å²) in [6.07, 6.45) is 0. The van der Waals surface area contributed by atoms with Crippen molar-refractivity contribution in [1.82, 2.24) is 0 Å². The molecule has 24 aromatic rings. The van der Waals surface area contributed by atoms with Gasteiger partial charge in [-0.05, 0) is 254 Å². The summed E-state index contributed by atoms with van der Waals surface area (Å²) in [7, 11) is 0. The van der Waals surface area contributed by atoms with E-state index in [1.807, 2.05) is 45.3 Å². The maximum Gasteiger partial charge on any atom is 0.0546 e. The van der Waals surface area contributed by atoms with Crippen molar-refractivity contribution in [3.8, 4) is 0 Å². The number of hydrogen-bond donors (Lipinski definition) is 0. The quantitative estimate of drug-likeness (QED) is 0.113. The maximum absolute atomic E-state index is 3.91. The number of rotatable bonds is 12. The van der Waals surface area contributed by atoms with Gasteiger partial charge in [0, 0.05) is 166 Å². The summed E-state index contributed by atoms with van der Waals surface area (Å²) >= 11 is 22.8. The molecule has 4 aromatic heterocycles. The second-order valence-corrected chi connectivity index (χ2v) is 37.9. The summed E-state index contributed by atoms with van der Waals surface area (Å²) in [5.74, 6) is 0. The molecule has 0 N–H and O–H groups in total. The minimum atomic E-state index is 1.12. The zero-order valence-electron chi connectivity index (χ0n) is 66.5. The Kier molecular flexibility index (Phi) is 22.0. The molecule has 0 unspecified atom stereocenters. The lowest BCUT2D eigenvalue weighted by Gasteiger charge is -2.28. The highest BCUT2D eigenvalue weighted by molar-refractivity contribution is 9.11. The van der Waals surface area contributed by atoms with E-state index in [9.17, 15) is 0 Å². The van der Waals surface area contributed by atoms with Crippen LogP contribution in [0.2, 0.25) is 0 Å². The minimum absolute atomic E-state index is 1.12. The van der Waals surface area contributed by atoms with Crippen LogP contribution in [-0.4, -0.2) is 0 Å². The first-order valence-electron chi connectivity index (χ1n) is 40.9. The highest BCUT2D eigenvalue weighted by atomic mass is 79.9. The normalized spacial score (nSPS) is 11.4. The van der Waals surface area contributed by atoms with E-state index in [4.69, 9.17) is 0 Å². The van der Waals surface area contributed by atoms with E-state index in [1.165, 1.54) is 135 Å². The second kappa shape index (κ2) is 34.6. The van der Waals surface area contributed by atoms with E-state index in [-0.39, 0.29) is 0 Å². The van der Waals surface area contributed by atoms with Crippen LogP contribution in [0.5, 0.6) is 0 Å². The van der Waals surface area contributed by atoms with Crippen molar-refractivity contribution in [2.45, 2.75) is 0 Å². The van der Waals surface area contributed by atoms with E-state index in [2.05, 4.69) is 520 Å². The number of anilines is 12. The van der Waals surface area contributed by atoms with Crippen LogP contribution < -0.4 is 19.6 Å². The molecule has 0 saturated carbocycles. The number of para-hydroxylation sites is 5. The number of thiophene rings is 4. The standard InChI is InChI=1S/C32H20BrNS.2C28H18BrNS.C24H16BrNS/c33-29-20-23(19-28-27-16-8-9-17-31(27)35-32(28)29)34(22-11-2-1-3-12-22)30-18-21-10-4-5-13-24(21)25-14-6-7-15-26(25)30;29-25-18-21(17-24-23-14-6-7-16-27(23)31-28(24)25)30(20-11-2-1-3-12-20)26-15-8-10-19-9-4-5-13-22(19)26;29-26-18-23(17-25-24-12-6-7-13-27(24)31-28(25)26)30(21-10-2-1-3-11-21)22-15-14-19-8-4-5-9-20(19)16-22;25-22-16-19(15-21-20-13-7-8-14-23(20)27-24(21)22)26(17-9-3-1-4-10-17)18-11-5-2-6-12-18/h1-20H;2*1-18H;1-16H. The van der Waals surface area contributed by atoms with Crippen LogP contribution in [-0.2, 0) is 0 Å². The van der Waals surface area contributed by atoms with Crippen molar-refractivity contribution in [3.05, 3.63) is 455 Å². The van der Waals surface area contributed by atoms with E-state index >= 15 is 0 Å². The van der Waals surface area contributed by atoms with Gasteiger partial charge in [0.05, 0.1) is 11.4 Å². The fraction of sp³-hybridized carbons (Fsp3) is 0. The summed E-state index contributed by atoms with van der Waals surface area (Å²) in [4.78, 5) is 9.39. The van der Waals surface area contributed by atoms with Crippen molar-refractivity contribution in [3.63, 3.8) is 0 Å². The average Bonchev–Trinajstić information content (AvgIpc) is 1.62. The molecule has 24 rings (SSSR count). The van der Waals surface area contributed by atoms with E-state index in [0.29, 0.717) is 0 Å². The third kappa shape index (κ3) is 15.3. The molecule has 0 spiro atoms. The molecular weight excluding hydrogens is 1850 g/mol. The van der Waals surface area contributed by atoms with Crippen LogP contribution in [0.4, 0.5) is 68.2 Å². The topological polar surface area (TPSA) is 13.0 Å². The fourth-order valence-electron chi connectivity index (χ4n) is 17.2. The number of nitrogens with zero attached hydrogens (tertiary/aromatic N) is 4. The van der Waals surface area contributed by atoms with Gasteiger partial charge >= 0.3 is 0 Å². The molecule has 0 fully saturated rings. The lowest BCUT2D eigenvalue weighted by atomic mass is 9.99. The molecular formula is C112H72Br4N4S4. The third-order valence-corrected chi connectivity index (χ3v) is 31.2. The zero-order valence-corrected chi connectivity index (χ0v) is 76.1. The number of halogens is 4. The van der Waals surface area contributed by atoms with Crippen LogP contribution in [0.3, 0.4) is 0 Å². The van der Waals surface area contributed by atoms with Crippen molar-refractivity contribution >= 4 is 301 Å². The number of benzene rings is 20. The summed E-state index contributed by atoms with van der Waals surface area (Å²) in [5.41, 5.74) is 13.8. The van der Waals surface area contributed by atoms with E-state index < -0.39 is 0 Å². The van der Waals surface area contributed by atoms with Crippen molar-refractivity contribution < 1.29 is 0 Å². The molecule has 592 valence electrons. The molecule has 0 amide bonds. The summed E-state index contributed by atoms with van der Waals surface area (Å²) in [5, 5.41) is 20.3. The molecule has 124 heavy (non-hydrogen) atoms. The molecule has 0 saturated heterocycles. The second-order valence-electron chi connectivity index (χ2n) is 30.3. The first-order chi connectivity index (χ1) is 61.2. The van der Waals surface area contributed by atoms with Gasteiger partial charge in [0.15, 0.2) is 0 Å². The summed E-state index contributed by atoms with van der Waals surface area (Å²) in [6.45, 7) is 0. The highest BCUT2D eigenvalue weighted by Crippen LogP contribution is 2.52. The van der Waals surface area contributed by atoms with Gasteiger partial charge in [-0.25, -0.2) is 0 Å². The Morgan fingerprint density at radius 2 is 0.427 bits per heavy atom. The highest BCUT2D eigenvalue weighted by Gasteiger charge is 2.25. The maximum atomic E-state index is 3.91. The molecule has 4 heterocycles. The zero-order chi connectivity index (χ0) is 83.1. The molecule has 0 aliphatic carbocycles. The van der Waals surface area contributed by atoms with Gasteiger partial charge in [-0.3, -0.25) is 0 Å². The number of hydrogen-bond acceptors (Lipinski definition) is 8. The SMILES string of the molecule is Brc1cc(N(c2ccccc2)c2cc3ccccc3c3ccccc23)cc2c1sc1ccccc12.Brc1cc(N(c2ccccc2)c2ccc3ccccc3c2)cc2c1sc1ccccc12.Brc1cc(N(c2ccccc2)c2cccc3ccccc23)cc2c1sc1ccccc12.Brc1cc(N(c2ccccc2)c2ccccc2)cc2c1sc1ccccc12. The first kappa shape index (κ1) is 78.7. The Labute approximate surface area is 767 Å². The molecule has 4 nitrogen and oxygen atoms in total. The van der Waals surface area contributed by atoms with E-state index in [1.54, 1.807) is 0 Å². The molecule has 0 bridgehead atoms. The Morgan fingerprint density at radius 1 is 0.145 bits per heavy atom. The van der Waals surface area contributed by atoms with Crippen molar-refractivity contribution in [2.24, 2.45) is 0 Å². The van der Waals surface area contributed by atoms with Crippen molar-refractivity contribution in [1.29, 1.82) is 0 Å². The van der Waals surface area contributed by atoms with Gasteiger partial charge < -0.3 is 19.6 Å². The molecule has 0 atom stereocenters. The monoisotopic (exact) mass is 1920 g/mol. The van der Waals surface area contributed by atoms with Gasteiger partial charge in [0.1, 0.15) is 0 Å². The van der Waals surface area contributed by atoms with Gasteiger partial charge in [0.25, 0.3) is 0 Å². The summed E-state index contributed by atoms with van der Waals surface area (Å²) in [6, 6.07) is 156. The minimum Gasteiger partial charge on any atom is -0.310 e. The van der Waals surface area contributed by atoms with Crippen LogP contribution in [0.1, 0.15) is 0 Å². The predicted octanol–water partition coefficient (Wildman–Crippen LogP) is 37.8. The van der Waals surface area contributed by atoms with Crippen LogP contribution in [0.25, 0.3) is 124 Å². The Bertz CT molecular complexity index is 8050. The lowest BCUT2D eigenvalue weighted by molar-refractivity contribution is 1.29.